The van der Waals surface area contributed by atoms with Crippen molar-refractivity contribution < 1.29 is 14.7 Å². The van der Waals surface area contributed by atoms with Gasteiger partial charge in [0.2, 0.25) is 5.91 Å². The summed E-state index contributed by atoms with van der Waals surface area (Å²) in [6.45, 7) is 4.00. The Morgan fingerprint density at radius 1 is 1.03 bits per heavy atom. The molecule has 160 valence electrons. The van der Waals surface area contributed by atoms with E-state index in [-0.39, 0.29) is 11.9 Å². The molecule has 2 aliphatic heterocycles. The minimum Gasteiger partial charge on any atom is -0.481 e. The fourth-order valence-electron chi connectivity index (χ4n) is 4.56. The number of rotatable bonds is 6. The lowest BCUT2D eigenvalue weighted by molar-refractivity contribution is -0.143. The highest BCUT2D eigenvalue weighted by molar-refractivity contribution is 5.78. The molecule has 1 amide bonds. The van der Waals surface area contributed by atoms with Crippen molar-refractivity contribution in [3.63, 3.8) is 0 Å². The number of amides is 1. The molecule has 0 bridgehead atoms. The molecule has 0 aromatic heterocycles. The fourth-order valence-corrected chi connectivity index (χ4v) is 4.56. The number of carbonyl (C=O) groups is 2. The summed E-state index contributed by atoms with van der Waals surface area (Å²) in [5, 5.41) is 9.50. The van der Waals surface area contributed by atoms with Crippen LogP contribution >= 0.6 is 0 Å². The third kappa shape index (κ3) is 6.28. The van der Waals surface area contributed by atoms with Crippen molar-refractivity contribution in [2.24, 2.45) is 11.8 Å². The lowest BCUT2D eigenvalue weighted by Gasteiger charge is -2.34. The summed E-state index contributed by atoms with van der Waals surface area (Å²) in [5.41, 5.74) is 1.33. The fraction of sp³-hybridized carbons (Fsp3) is 0.652. The monoisotopic (exact) mass is 401 g/mol. The van der Waals surface area contributed by atoms with Gasteiger partial charge in [0.25, 0.3) is 0 Å². The molecule has 0 spiro atoms. The molecule has 2 atom stereocenters. The van der Waals surface area contributed by atoms with E-state index in [2.05, 4.69) is 34.1 Å². The Morgan fingerprint density at radius 2 is 1.72 bits per heavy atom. The molecule has 0 unspecified atom stereocenters. The third-order valence-corrected chi connectivity index (χ3v) is 6.57. The highest BCUT2D eigenvalue weighted by atomic mass is 16.4. The second-order valence-corrected chi connectivity index (χ2v) is 8.94. The Morgan fingerprint density at radius 3 is 2.34 bits per heavy atom. The zero-order valence-corrected chi connectivity index (χ0v) is 17.8. The second kappa shape index (κ2) is 10.2. The first-order chi connectivity index (χ1) is 13.9. The van der Waals surface area contributed by atoms with E-state index in [0.29, 0.717) is 31.8 Å². The Balaban J connectivity index is 1.51. The van der Waals surface area contributed by atoms with Gasteiger partial charge in [-0.2, -0.15) is 0 Å². The van der Waals surface area contributed by atoms with Gasteiger partial charge in [0.1, 0.15) is 0 Å². The number of carbonyl (C=O) groups excluding carboxylic acids is 1. The summed E-state index contributed by atoms with van der Waals surface area (Å²) in [7, 11) is 4.02. The zero-order valence-electron chi connectivity index (χ0n) is 17.8. The van der Waals surface area contributed by atoms with E-state index >= 15 is 0 Å². The number of benzene rings is 1. The average molecular weight is 402 g/mol. The largest absolute Gasteiger partial charge is 0.481 e. The molecule has 2 heterocycles. The minimum atomic E-state index is -0.781. The molecular formula is C23H35N3O3. The Hall–Kier alpha value is -1.92. The highest BCUT2D eigenvalue weighted by Gasteiger charge is 2.32. The van der Waals surface area contributed by atoms with E-state index in [1.807, 2.05) is 25.1 Å². The minimum absolute atomic E-state index is 0.131. The molecule has 2 aliphatic rings. The molecule has 0 radical (unpaired) electrons. The van der Waals surface area contributed by atoms with E-state index in [1.165, 1.54) is 5.56 Å². The van der Waals surface area contributed by atoms with E-state index in [1.54, 1.807) is 0 Å². The molecule has 1 aromatic rings. The maximum absolute atomic E-state index is 13.0. The number of hydrogen-bond donors (Lipinski definition) is 1. The molecule has 29 heavy (non-hydrogen) atoms. The third-order valence-electron chi connectivity index (χ3n) is 6.57. The van der Waals surface area contributed by atoms with Gasteiger partial charge in [0, 0.05) is 32.1 Å². The first-order valence-electron chi connectivity index (χ1n) is 10.9. The normalized spacial score (nSPS) is 24.4. The Labute approximate surface area is 174 Å². The lowest BCUT2D eigenvalue weighted by atomic mass is 9.92. The molecular weight excluding hydrogens is 366 g/mol. The van der Waals surface area contributed by atoms with Crippen LogP contribution in [-0.2, 0) is 16.1 Å². The number of likely N-dealkylation sites (tertiary alicyclic amines) is 2. The van der Waals surface area contributed by atoms with E-state index < -0.39 is 11.9 Å². The van der Waals surface area contributed by atoms with Gasteiger partial charge < -0.3 is 14.9 Å². The number of aliphatic carboxylic acids is 1. The van der Waals surface area contributed by atoms with Crippen LogP contribution in [0.3, 0.4) is 0 Å². The first-order valence-corrected chi connectivity index (χ1v) is 10.9. The van der Waals surface area contributed by atoms with Crippen LogP contribution in [0.15, 0.2) is 30.3 Å². The van der Waals surface area contributed by atoms with E-state index in [9.17, 15) is 14.7 Å². The van der Waals surface area contributed by atoms with Gasteiger partial charge in [-0.3, -0.25) is 14.5 Å². The predicted molar refractivity (Wildman–Crippen MR) is 113 cm³/mol. The van der Waals surface area contributed by atoms with Gasteiger partial charge in [-0.15, -0.1) is 0 Å². The van der Waals surface area contributed by atoms with Crippen LogP contribution in [0, 0.1) is 11.8 Å². The SMILES string of the molecule is CN(C)[C@@H]1CC[C@H](C(=O)O)CN(C(=O)CC2CCN(Cc3ccccc3)CC2)C1. The van der Waals surface area contributed by atoms with Crippen LogP contribution in [0.2, 0.25) is 0 Å². The van der Waals surface area contributed by atoms with Crippen molar-refractivity contribution in [3.05, 3.63) is 35.9 Å². The van der Waals surface area contributed by atoms with Gasteiger partial charge >= 0.3 is 5.97 Å². The number of hydrogen-bond acceptors (Lipinski definition) is 4. The Kier molecular flexibility index (Phi) is 7.67. The number of likely N-dealkylation sites (N-methyl/N-ethyl adjacent to an activating group) is 1. The summed E-state index contributed by atoms with van der Waals surface area (Å²) in [6, 6.07) is 10.8. The van der Waals surface area contributed by atoms with Crippen LogP contribution in [0.25, 0.3) is 0 Å². The summed E-state index contributed by atoms with van der Waals surface area (Å²) in [4.78, 5) is 31.0. The van der Waals surface area contributed by atoms with Gasteiger partial charge in [-0.25, -0.2) is 0 Å². The highest BCUT2D eigenvalue weighted by Crippen LogP contribution is 2.25. The van der Waals surface area contributed by atoms with Gasteiger partial charge in [-0.1, -0.05) is 30.3 Å². The van der Waals surface area contributed by atoms with Crippen molar-refractivity contribution in [3.8, 4) is 0 Å². The van der Waals surface area contributed by atoms with Crippen LogP contribution in [0.5, 0.6) is 0 Å². The van der Waals surface area contributed by atoms with Crippen LogP contribution < -0.4 is 0 Å². The van der Waals surface area contributed by atoms with Crippen LogP contribution in [-0.4, -0.2) is 78.0 Å². The molecule has 0 aliphatic carbocycles. The topological polar surface area (TPSA) is 64.1 Å². The maximum Gasteiger partial charge on any atom is 0.308 e. The maximum atomic E-state index is 13.0. The summed E-state index contributed by atoms with van der Waals surface area (Å²) in [6.07, 6.45) is 4.08. The average Bonchev–Trinajstić information content (AvgIpc) is 2.94. The molecule has 3 rings (SSSR count). The molecule has 2 fully saturated rings. The van der Waals surface area contributed by atoms with Crippen molar-refractivity contribution >= 4 is 11.9 Å². The number of piperidine rings is 1. The zero-order chi connectivity index (χ0) is 20.8. The predicted octanol–water partition coefficient (Wildman–Crippen LogP) is 2.54. The first kappa shape index (κ1) is 21.8. The quantitative estimate of drug-likeness (QED) is 0.794. The second-order valence-electron chi connectivity index (χ2n) is 8.94. The van der Waals surface area contributed by atoms with E-state index in [4.69, 9.17) is 0 Å². The molecule has 0 saturated carbocycles. The smallest absolute Gasteiger partial charge is 0.308 e. The van der Waals surface area contributed by atoms with Crippen molar-refractivity contribution in [1.29, 1.82) is 0 Å². The molecule has 1 N–H and O–H groups in total. The van der Waals surface area contributed by atoms with Gasteiger partial charge in [0.05, 0.1) is 5.92 Å². The Bertz CT molecular complexity index is 671. The number of nitrogens with zero attached hydrogens (tertiary/aromatic N) is 3. The van der Waals surface area contributed by atoms with Gasteiger partial charge in [-0.05, 0) is 64.3 Å². The summed E-state index contributed by atoms with van der Waals surface area (Å²) >= 11 is 0. The van der Waals surface area contributed by atoms with Crippen molar-refractivity contribution in [2.45, 2.75) is 44.7 Å². The van der Waals surface area contributed by atoms with Crippen LogP contribution in [0.4, 0.5) is 0 Å². The molecule has 2 saturated heterocycles. The molecule has 1 aromatic carbocycles. The molecule has 6 heteroatoms. The van der Waals surface area contributed by atoms with Crippen LogP contribution in [0.1, 0.15) is 37.7 Å². The molecule has 6 nitrogen and oxygen atoms in total. The standard InChI is InChI=1S/C23H35N3O3/c1-24(2)21-9-8-20(23(28)29)16-26(17-21)22(27)14-18-10-12-25(13-11-18)15-19-6-4-3-5-7-19/h3-7,18,20-21H,8-17H2,1-2H3,(H,28,29)/t20-,21+/m0/s1. The van der Waals surface area contributed by atoms with Crippen molar-refractivity contribution in [1.82, 2.24) is 14.7 Å². The van der Waals surface area contributed by atoms with Gasteiger partial charge in [0.15, 0.2) is 0 Å². The van der Waals surface area contributed by atoms with E-state index in [0.717, 1.165) is 38.9 Å². The number of carboxylic acids is 1. The summed E-state index contributed by atoms with van der Waals surface area (Å²) < 4.78 is 0. The van der Waals surface area contributed by atoms with Crippen molar-refractivity contribution in [2.75, 3.05) is 40.3 Å². The number of carboxylic acid groups (broad SMARTS) is 1. The summed E-state index contributed by atoms with van der Waals surface area (Å²) in [5.74, 6) is -0.696. The lowest BCUT2D eigenvalue weighted by Crippen LogP contribution is -2.44.